The number of fused-ring (bicyclic) bond motifs is 3. The van der Waals surface area contributed by atoms with Crippen LogP contribution in [-0.4, -0.2) is 5.78 Å². The number of nitrogen functional groups attached to an aromatic ring is 1. The molecule has 0 amide bonds. The molecule has 23 heavy (non-hydrogen) atoms. The van der Waals surface area contributed by atoms with Crippen LogP contribution in [0.3, 0.4) is 0 Å². The molecule has 1 aromatic heterocycles. The SMILES string of the molecule is Cc1ccccc1C(=O)c1oc2ccc3c(c2c1N)CCCC3. The number of benzene rings is 2. The van der Waals surface area contributed by atoms with E-state index in [-0.39, 0.29) is 11.5 Å². The maximum Gasteiger partial charge on any atom is 0.230 e. The van der Waals surface area contributed by atoms with Crippen LogP contribution in [0.2, 0.25) is 0 Å². The Labute approximate surface area is 135 Å². The summed E-state index contributed by atoms with van der Waals surface area (Å²) in [5.41, 5.74) is 11.7. The van der Waals surface area contributed by atoms with Crippen molar-refractivity contribution in [3.05, 3.63) is 64.4 Å². The van der Waals surface area contributed by atoms with Gasteiger partial charge in [-0.15, -0.1) is 0 Å². The van der Waals surface area contributed by atoms with Gasteiger partial charge in [0.2, 0.25) is 5.78 Å². The molecule has 3 aromatic rings. The first kappa shape index (κ1) is 14.1. The predicted molar refractivity (Wildman–Crippen MR) is 91.9 cm³/mol. The Morgan fingerprint density at radius 3 is 2.70 bits per heavy atom. The Hall–Kier alpha value is -2.55. The maximum atomic E-state index is 12.9. The highest BCUT2D eigenvalue weighted by atomic mass is 16.3. The Morgan fingerprint density at radius 2 is 1.87 bits per heavy atom. The van der Waals surface area contributed by atoms with Crippen LogP contribution < -0.4 is 5.73 Å². The number of hydrogen-bond acceptors (Lipinski definition) is 3. The van der Waals surface area contributed by atoms with E-state index in [1.54, 1.807) is 0 Å². The molecular formula is C20H19NO2. The van der Waals surface area contributed by atoms with Gasteiger partial charge in [0.1, 0.15) is 5.58 Å². The smallest absolute Gasteiger partial charge is 0.230 e. The summed E-state index contributed by atoms with van der Waals surface area (Å²) in [5.74, 6) is 0.134. The number of rotatable bonds is 2. The summed E-state index contributed by atoms with van der Waals surface area (Å²) in [6.45, 7) is 1.92. The third-order valence-electron chi connectivity index (χ3n) is 4.82. The number of carbonyl (C=O) groups is 1. The molecule has 0 aliphatic heterocycles. The molecule has 0 fully saturated rings. The number of hydrogen-bond donors (Lipinski definition) is 1. The summed E-state index contributed by atoms with van der Waals surface area (Å²) in [7, 11) is 0. The van der Waals surface area contributed by atoms with Crippen LogP contribution >= 0.6 is 0 Å². The number of anilines is 1. The van der Waals surface area contributed by atoms with Gasteiger partial charge in [0.25, 0.3) is 0 Å². The van der Waals surface area contributed by atoms with Gasteiger partial charge in [-0.2, -0.15) is 0 Å². The number of aryl methyl sites for hydroxylation is 3. The highest BCUT2D eigenvalue weighted by Gasteiger charge is 2.24. The zero-order valence-electron chi connectivity index (χ0n) is 13.2. The second-order valence-electron chi connectivity index (χ2n) is 6.27. The molecule has 0 saturated heterocycles. The molecule has 2 aromatic carbocycles. The molecule has 0 unspecified atom stereocenters. The van der Waals surface area contributed by atoms with Crippen LogP contribution in [0.1, 0.15) is 45.7 Å². The summed E-state index contributed by atoms with van der Waals surface area (Å²) < 4.78 is 5.86. The van der Waals surface area contributed by atoms with E-state index in [0.29, 0.717) is 11.3 Å². The molecule has 0 saturated carbocycles. The van der Waals surface area contributed by atoms with Crippen LogP contribution in [0.15, 0.2) is 40.8 Å². The molecule has 4 rings (SSSR count). The largest absolute Gasteiger partial charge is 0.450 e. The van der Waals surface area contributed by atoms with Crippen LogP contribution in [0.4, 0.5) is 5.69 Å². The van der Waals surface area contributed by atoms with E-state index in [1.807, 2.05) is 37.3 Å². The second kappa shape index (κ2) is 5.27. The molecule has 0 radical (unpaired) electrons. The van der Waals surface area contributed by atoms with Gasteiger partial charge in [0, 0.05) is 10.9 Å². The van der Waals surface area contributed by atoms with Crippen molar-refractivity contribution in [1.29, 1.82) is 0 Å². The first-order valence-corrected chi connectivity index (χ1v) is 8.10. The van der Waals surface area contributed by atoms with Gasteiger partial charge in [-0.1, -0.05) is 30.3 Å². The fourth-order valence-electron chi connectivity index (χ4n) is 3.58. The van der Waals surface area contributed by atoms with E-state index in [1.165, 1.54) is 17.5 Å². The lowest BCUT2D eigenvalue weighted by molar-refractivity contribution is 0.101. The summed E-state index contributed by atoms with van der Waals surface area (Å²) in [4.78, 5) is 12.9. The van der Waals surface area contributed by atoms with Crippen molar-refractivity contribution in [3.63, 3.8) is 0 Å². The first-order valence-electron chi connectivity index (χ1n) is 8.10. The molecule has 0 bridgehead atoms. The normalized spacial score (nSPS) is 14.0. The number of ketones is 1. The van der Waals surface area contributed by atoms with Gasteiger partial charge in [-0.25, -0.2) is 0 Å². The number of nitrogens with two attached hydrogens (primary N) is 1. The van der Waals surface area contributed by atoms with Crippen molar-refractivity contribution in [3.8, 4) is 0 Å². The average molecular weight is 305 g/mol. The minimum absolute atomic E-state index is 0.138. The summed E-state index contributed by atoms with van der Waals surface area (Å²) in [6.07, 6.45) is 4.47. The zero-order valence-corrected chi connectivity index (χ0v) is 13.2. The molecule has 116 valence electrons. The third kappa shape index (κ3) is 2.15. The molecule has 1 aliphatic rings. The quantitative estimate of drug-likeness (QED) is 0.712. The third-order valence-corrected chi connectivity index (χ3v) is 4.82. The fraction of sp³-hybridized carbons (Fsp3) is 0.250. The minimum Gasteiger partial charge on any atom is -0.450 e. The molecule has 1 aliphatic carbocycles. The molecule has 3 nitrogen and oxygen atoms in total. The Morgan fingerprint density at radius 1 is 1.09 bits per heavy atom. The summed E-state index contributed by atoms with van der Waals surface area (Å²) >= 11 is 0. The van der Waals surface area contributed by atoms with E-state index in [0.717, 1.165) is 35.8 Å². The molecular weight excluding hydrogens is 286 g/mol. The van der Waals surface area contributed by atoms with Crippen LogP contribution in [0.5, 0.6) is 0 Å². The van der Waals surface area contributed by atoms with Gasteiger partial charge in [0.05, 0.1) is 5.69 Å². The van der Waals surface area contributed by atoms with Gasteiger partial charge in [0.15, 0.2) is 5.76 Å². The standard InChI is InChI=1S/C20H19NO2/c1-12-6-2-4-8-14(12)19(22)20-18(21)17-15-9-5-3-7-13(15)10-11-16(17)23-20/h2,4,6,8,10-11H,3,5,7,9,21H2,1H3. The van der Waals surface area contributed by atoms with E-state index in [9.17, 15) is 4.79 Å². The Kier molecular flexibility index (Phi) is 3.22. The molecule has 3 heteroatoms. The lowest BCUT2D eigenvalue weighted by Crippen LogP contribution is -2.06. The highest BCUT2D eigenvalue weighted by molar-refractivity contribution is 6.15. The van der Waals surface area contributed by atoms with Gasteiger partial charge < -0.3 is 10.2 Å². The first-order chi connectivity index (χ1) is 11.2. The minimum atomic E-state index is -0.138. The van der Waals surface area contributed by atoms with Crippen molar-refractivity contribution < 1.29 is 9.21 Å². The highest BCUT2D eigenvalue weighted by Crippen LogP contribution is 2.37. The van der Waals surface area contributed by atoms with Crippen molar-refractivity contribution >= 4 is 22.4 Å². The predicted octanol–water partition coefficient (Wildman–Crippen LogP) is 4.43. The topological polar surface area (TPSA) is 56.2 Å². The van der Waals surface area contributed by atoms with E-state index in [2.05, 4.69) is 6.07 Å². The fourth-order valence-corrected chi connectivity index (χ4v) is 3.58. The lowest BCUT2D eigenvalue weighted by Gasteiger charge is -2.16. The molecule has 0 spiro atoms. The van der Waals surface area contributed by atoms with Crippen LogP contribution in [-0.2, 0) is 12.8 Å². The van der Waals surface area contributed by atoms with Gasteiger partial charge in [-0.05, 0) is 55.4 Å². The molecule has 1 heterocycles. The van der Waals surface area contributed by atoms with Gasteiger partial charge >= 0.3 is 0 Å². The van der Waals surface area contributed by atoms with Crippen molar-refractivity contribution in [2.45, 2.75) is 32.6 Å². The number of furan rings is 1. The lowest BCUT2D eigenvalue weighted by atomic mass is 9.89. The van der Waals surface area contributed by atoms with Crippen molar-refractivity contribution in [2.24, 2.45) is 0 Å². The summed E-state index contributed by atoms with van der Waals surface area (Å²) in [6, 6.07) is 11.6. The second-order valence-corrected chi connectivity index (χ2v) is 6.27. The van der Waals surface area contributed by atoms with E-state index >= 15 is 0 Å². The molecule has 2 N–H and O–H groups in total. The van der Waals surface area contributed by atoms with E-state index < -0.39 is 0 Å². The van der Waals surface area contributed by atoms with Crippen molar-refractivity contribution in [2.75, 3.05) is 5.73 Å². The summed E-state index contributed by atoms with van der Waals surface area (Å²) in [5, 5.41) is 0.944. The van der Waals surface area contributed by atoms with Crippen LogP contribution in [0, 0.1) is 6.92 Å². The Balaban J connectivity index is 1.90. The van der Waals surface area contributed by atoms with Crippen molar-refractivity contribution in [1.82, 2.24) is 0 Å². The average Bonchev–Trinajstić information content (AvgIpc) is 2.92. The van der Waals surface area contributed by atoms with E-state index in [4.69, 9.17) is 10.2 Å². The number of carbonyl (C=O) groups excluding carboxylic acids is 1. The van der Waals surface area contributed by atoms with Crippen LogP contribution in [0.25, 0.3) is 11.0 Å². The maximum absolute atomic E-state index is 12.9. The molecule has 0 atom stereocenters. The Bertz CT molecular complexity index is 921. The monoisotopic (exact) mass is 305 g/mol. The van der Waals surface area contributed by atoms with Gasteiger partial charge in [-0.3, -0.25) is 4.79 Å². The zero-order chi connectivity index (χ0) is 16.0.